The molecular formula is C12H23N3O5S. The minimum Gasteiger partial charge on any atom is -0.394 e. The van der Waals surface area contributed by atoms with Crippen LogP contribution in [-0.2, 0) is 10.0 Å². The van der Waals surface area contributed by atoms with E-state index in [2.05, 4.69) is 5.32 Å². The lowest BCUT2D eigenvalue weighted by Gasteiger charge is -2.26. The molecule has 0 aromatic rings. The number of β-amino-alcohol motifs (C(OH)–C–C–N with tert-alkyl or cyclic N) is 1. The summed E-state index contributed by atoms with van der Waals surface area (Å²) in [6, 6.07) is -0.968. The molecule has 2 aliphatic heterocycles. The number of hydrogen-bond acceptors (Lipinski definition) is 5. The first-order valence-electron chi connectivity index (χ1n) is 7.13. The maximum absolute atomic E-state index is 12.1. The first-order valence-corrected chi connectivity index (χ1v) is 8.98. The van der Waals surface area contributed by atoms with Crippen molar-refractivity contribution in [2.45, 2.75) is 37.5 Å². The molecule has 122 valence electrons. The number of hydrogen-bond donors (Lipinski definition) is 3. The highest BCUT2D eigenvalue weighted by molar-refractivity contribution is 7.88. The third-order valence-electron chi connectivity index (χ3n) is 4.10. The van der Waals surface area contributed by atoms with Gasteiger partial charge in [0.25, 0.3) is 0 Å². The molecule has 0 unspecified atom stereocenters. The van der Waals surface area contributed by atoms with Crippen LogP contribution in [0.1, 0.15) is 19.3 Å². The summed E-state index contributed by atoms with van der Waals surface area (Å²) in [6.07, 6.45) is 2.43. The summed E-state index contributed by atoms with van der Waals surface area (Å²) in [4.78, 5) is 13.5. The van der Waals surface area contributed by atoms with E-state index in [4.69, 9.17) is 0 Å². The molecule has 0 saturated carbocycles. The molecular weight excluding hydrogens is 298 g/mol. The molecule has 3 N–H and O–H groups in total. The molecule has 9 heteroatoms. The van der Waals surface area contributed by atoms with Crippen LogP contribution >= 0.6 is 0 Å². The first kappa shape index (κ1) is 16.5. The number of nitrogens with zero attached hydrogens (tertiary/aromatic N) is 2. The van der Waals surface area contributed by atoms with Crippen molar-refractivity contribution in [3.05, 3.63) is 0 Å². The van der Waals surface area contributed by atoms with E-state index >= 15 is 0 Å². The van der Waals surface area contributed by atoms with Gasteiger partial charge in [0.05, 0.1) is 25.0 Å². The number of aliphatic hydroxyl groups excluding tert-OH is 2. The van der Waals surface area contributed by atoms with Crippen molar-refractivity contribution >= 4 is 16.1 Å². The van der Waals surface area contributed by atoms with E-state index in [-0.39, 0.29) is 37.8 Å². The van der Waals surface area contributed by atoms with Gasteiger partial charge in [0, 0.05) is 25.7 Å². The Bertz CT molecular complexity index is 483. The summed E-state index contributed by atoms with van der Waals surface area (Å²) in [5.74, 6) is 0. The van der Waals surface area contributed by atoms with Crippen molar-refractivity contribution in [1.82, 2.24) is 14.5 Å². The van der Waals surface area contributed by atoms with E-state index in [0.29, 0.717) is 13.0 Å². The number of carbonyl (C=O) groups is 1. The van der Waals surface area contributed by atoms with Gasteiger partial charge in [0.15, 0.2) is 0 Å². The SMILES string of the molecule is CS(=O)(=O)N1CCC[C@@H]1CNC(=O)N1C[C@@H](O)C[C@H]1CO. The van der Waals surface area contributed by atoms with E-state index in [1.807, 2.05) is 0 Å². The maximum Gasteiger partial charge on any atom is 0.317 e. The summed E-state index contributed by atoms with van der Waals surface area (Å²) in [7, 11) is -3.25. The largest absolute Gasteiger partial charge is 0.394 e. The molecule has 8 nitrogen and oxygen atoms in total. The Morgan fingerprint density at radius 2 is 2.10 bits per heavy atom. The first-order chi connectivity index (χ1) is 9.82. The van der Waals surface area contributed by atoms with Gasteiger partial charge >= 0.3 is 6.03 Å². The minimum absolute atomic E-state index is 0.191. The fraction of sp³-hybridized carbons (Fsp3) is 0.917. The number of amides is 2. The molecule has 21 heavy (non-hydrogen) atoms. The van der Waals surface area contributed by atoms with Gasteiger partial charge in [-0.3, -0.25) is 0 Å². The molecule has 2 heterocycles. The molecule has 2 fully saturated rings. The topological polar surface area (TPSA) is 110 Å². The van der Waals surface area contributed by atoms with Crippen LogP contribution < -0.4 is 5.32 Å². The summed E-state index contributed by atoms with van der Waals surface area (Å²) < 4.78 is 24.7. The predicted octanol–water partition coefficient (Wildman–Crippen LogP) is -1.45. The van der Waals surface area contributed by atoms with E-state index in [1.165, 1.54) is 15.5 Å². The Balaban J connectivity index is 1.89. The second-order valence-electron chi connectivity index (χ2n) is 5.73. The van der Waals surface area contributed by atoms with Gasteiger partial charge in [-0.2, -0.15) is 4.31 Å². The third kappa shape index (κ3) is 3.85. The summed E-state index contributed by atoms with van der Waals surface area (Å²) in [5.41, 5.74) is 0. The lowest BCUT2D eigenvalue weighted by molar-refractivity contribution is 0.153. The molecule has 0 aliphatic carbocycles. The standard InChI is InChI=1S/C12H23N3O5S/c1-21(19,20)15-4-2-3-9(15)6-13-12(18)14-7-11(17)5-10(14)8-16/h9-11,16-17H,2-8H2,1H3,(H,13,18)/t9-,10+,11+/m1/s1. The second kappa shape index (κ2) is 6.47. The number of aliphatic hydroxyl groups is 2. The summed E-state index contributed by atoms with van der Waals surface area (Å²) in [6.45, 7) is 0.735. The van der Waals surface area contributed by atoms with Gasteiger partial charge < -0.3 is 20.4 Å². The van der Waals surface area contributed by atoms with Gasteiger partial charge in [-0.15, -0.1) is 0 Å². The molecule has 0 radical (unpaired) electrons. The van der Waals surface area contributed by atoms with Gasteiger partial charge in [-0.1, -0.05) is 0 Å². The molecule has 0 spiro atoms. The van der Waals surface area contributed by atoms with E-state index in [0.717, 1.165) is 12.8 Å². The van der Waals surface area contributed by atoms with Crippen molar-refractivity contribution in [2.24, 2.45) is 0 Å². The number of likely N-dealkylation sites (tertiary alicyclic amines) is 1. The van der Waals surface area contributed by atoms with Crippen molar-refractivity contribution in [1.29, 1.82) is 0 Å². The minimum atomic E-state index is -3.25. The zero-order valence-corrected chi connectivity index (χ0v) is 12.9. The number of rotatable bonds is 4. The highest BCUT2D eigenvalue weighted by Crippen LogP contribution is 2.20. The fourth-order valence-corrected chi connectivity index (χ4v) is 4.25. The fourth-order valence-electron chi connectivity index (χ4n) is 3.07. The number of carbonyl (C=O) groups excluding carboxylic acids is 1. The Hall–Kier alpha value is -0.900. The number of sulfonamides is 1. The van der Waals surface area contributed by atoms with Crippen LogP contribution in [0, 0.1) is 0 Å². The van der Waals surface area contributed by atoms with Crippen molar-refractivity contribution in [2.75, 3.05) is 32.5 Å². The van der Waals surface area contributed by atoms with E-state index in [1.54, 1.807) is 0 Å². The average molecular weight is 321 g/mol. The van der Waals surface area contributed by atoms with Crippen LogP contribution in [0.25, 0.3) is 0 Å². The quantitative estimate of drug-likeness (QED) is 0.587. The molecule has 2 saturated heterocycles. The second-order valence-corrected chi connectivity index (χ2v) is 7.67. The predicted molar refractivity (Wildman–Crippen MR) is 76.2 cm³/mol. The Kier molecular flexibility index (Phi) is 5.07. The Morgan fingerprint density at radius 1 is 1.38 bits per heavy atom. The number of nitrogens with one attached hydrogen (secondary N) is 1. The molecule has 0 bridgehead atoms. The molecule has 2 rings (SSSR count). The molecule has 3 atom stereocenters. The highest BCUT2D eigenvalue weighted by atomic mass is 32.2. The van der Waals surface area contributed by atoms with Crippen LogP contribution in [0.2, 0.25) is 0 Å². The molecule has 0 aromatic carbocycles. The smallest absolute Gasteiger partial charge is 0.317 e. The Labute approximate surface area is 124 Å². The normalized spacial score (nSPS) is 30.8. The monoisotopic (exact) mass is 321 g/mol. The van der Waals surface area contributed by atoms with Crippen LogP contribution in [0.15, 0.2) is 0 Å². The molecule has 2 aliphatic rings. The lowest BCUT2D eigenvalue weighted by Crippen LogP contribution is -2.49. The zero-order chi connectivity index (χ0) is 15.6. The van der Waals surface area contributed by atoms with Gasteiger partial charge in [0.2, 0.25) is 10.0 Å². The van der Waals surface area contributed by atoms with Gasteiger partial charge in [-0.25, -0.2) is 13.2 Å². The molecule has 0 aromatic heterocycles. The van der Waals surface area contributed by atoms with Crippen LogP contribution in [0.4, 0.5) is 4.79 Å². The average Bonchev–Trinajstić information content (AvgIpc) is 3.01. The zero-order valence-electron chi connectivity index (χ0n) is 12.1. The summed E-state index contributed by atoms with van der Waals surface area (Å²) in [5, 5.41) is 21.5. The van der Waals surface area contributed by atoms with Crippen molar-refractivity contribution < 1.29 is 23.4 Å². The third-order valence-corrected chi connectivity index (χ3v) is 5.43. The van der Waals surface area contributed by atoms with Gasteiger partial charge in [-0.05, 0) is 19.3 Å². The van der Waals surface area contributed by atoms with Crippen LogP contribution in [0.3, 0.4) is 0 Å². The molecule has 2 amide bonds. The lowest BCUT2D eigenvalue weighted by atomic mass is 10.2. The summed E-state index contributed by atoms with van der Waals surface area (Å²) >= 11 is 0. The van der Waals surface area contributed by atoms with Crippen molar-refractivity contribution in [3.63, 3.8) is 0 Å². The van der Waals surface area contributed by atoms with E-state index in [9.17, 15) is 23.4 Å². The highest BCUT2D eigenvalue weighted by Gasteiger charge is 2.35. The van der Waals surface area contributed by atoms with Gasteiger partial charge in [0.1, 0.15) is 0 Å². The van der Waals surface area contributed by atoms with Crippen LogP contribution in [-0.4, -0.2) is 84.6 Å². The number of urea groups is 1. The van der Waals surface area contributed by atoms with Crippen molar-refractivity contribution in [3.8, 4) is 0 Å². The van der Waals surface area contributed by atoms with Crippen LogP contribution in [0.5, 0.6) is 0 Å². The maximum atomic E-state index is 12.1. The Morgan fingerprint density at radius 3 is 2.71 bits per heavy atom. The van der Waals surface area contributed by atoms with E-state index < -0.39 is 16.1 Å².